The summed E-state index contributed by atoms with van der Waals surface area (Å²) in [5.41, 5.74) is 6.61. The fraction of sp³-hybridized carbons (Fsp3) is 0.239. The Morgan fingerprint density at radius 3 is 2.35 bits per heavy atom. The van der Waals surface area contributed by atoms with Gasteiger partial charge in [-0.15, -0.1) is 64.9 Å². The third-order valence-electron chi connectivity index (χ3n) is 8.21. The number of hydrogen-bond donors (Lipinski definition) is 0. The number of aryl methyl sites for hydroxylation is 2. The van der Waals surface area contributed by atoms with E-state index in [0.29, 0.717) is 33.7 Å². The molecule has 0 aliphatic carbocycles. The van der Waals surface area contributed by atoms with E-state index in [1.54, 1.807) is 35.7 Å². The molecule has 0 N–H and O–H groups in total. The number of benzene rings is 4. The number of fused-ring (bicyclic) bond motifs is 5. The van der Waals surface area contributed by atoms with E-state index in [9.17, 15) is 0 Å². The van der Waals surface area contributed by atoms with E-state index < -0.39 is 25.5 Å². The number of thiazole rings is 1. The van der Waals surface area contributed by atoms with Crippen LogP contribution in [0.2, 0.25) is 0 Å². The van der Waals surface area contributed by atoms with Crippen molar-refractivity contribution in [1.82, 2.24) is 15.0 Å². The van der Waals surface area contributed by atoms with Crippen LogP contribution in [0.25, 0.3) is 65.8 Å². The van der Waals surface area contributed by atoms with Crippen molar-refractivity contribution in [2.75, 3.05) is 0 Å². The standard InChI is InChI=1S/C27H27N2OS.C19H16N.Ir/c1-26(2,3)15-16-12-13-28-20(14-16)19-9-7-8-17-18-10-11-21-22(24(18)30-23(17)19)29-25(31-21)27(4,5)6;1-14-8-10-17(11-9-14)19-12-18(15(2)13-20-19)16-6-4-3-5-7-16;/h7-8,10-14H,15H2,1-6H3;3-10,12-13H,1-2H3;/q2*-1;/i15D2;1D3,2D3;. The summed E-state index contributed by atoms with van der Waals surface area (Å²) in [6, 6.07) is 33.4. The van der Waals surface area contributed by atoms with Crippen LogP contribution in [0.15, 0.2) is 108 Å². The maximum atomic E-state index is 8.67. The summed E-state index contributed by atoms with van der Waals surface area (Å²) >= 11 is 1.70. The molecule has 0 fully saturated rings. The average Bonchev–Trinajstić information content (AvgIpc) is 3.80. The Balaban J connectivity index is 0.000000204. The molecule has 52 heavy (non-hydrogen) atoms. The minimum Gasteiger partial charge on any atom is -0.498 e. The molecule has 8 aromatic rings. The van der Waals surface area contributed by atoms with Crippen molar-refractivity contribution in [2.45, 2.75) is 67.0 Å². The van der Waals surface area contributed by atoms with Crippen molar-refractivity contribution >= 4 is 43.5 Å². The number of rotatable bonds is 4. The van der Waals surface area contributed by atoms with Crippen molar-refractivity contribution in [3.05, 3.63) is 137 Å². The van der Waals surface area contributed by atoms with Gasteiger partial charge in [0.05, 0.1) is 15.3 Å². The van der Waals surface area contributed by atoms with Gasteiger partial charge in [0.1, 0.15) is 11.1 Å². The van der Waals surface area contributed by atoms with E-state index in [1.807, 2.05) is 69.3 Å². The number of aromatic nitrogens is 3. The van der Waals surface area contributed by atoms with E-state index in [1.165, 1.54) is 18.3 Å². The monoisotopic (exact) mass is 886 g/mol. The van der Waals surface area contributed by atoms with E-state index >= 15 is 0 Å². The molecule has 0 saturated heterocycles. The van der Waals surface area contributed by atoms with Crippen LogP contribution in [-0.2, 0) is 31.9 Å². The van der Waals surface area contributed by atoms with Gasteiger partial charge in [0, 0.05) is 54.3 Å². The Hall–Kier alpha value is -4.48. The molecule has 4 heterocycles. The van der Waals surface area contributed by atoms with Crippen molar-refractivity contribution in [2.24, 2.45) is 5.41 Å². The van der Waals surface area contributed by atoms with Crippen LogP contribution in [-0.4, -0.2) is 15.0 Å². The summed E-state index contributed by atoms with van der Waals surface area (Å²) < 4.78 is 70.4. The molecule has 4 aromatic carbocycles. The molecule has 4 nitrogen and oxygen atoms in total. The van der Waals surface area contributed by atoms with E-state index in [-0.39, 0.29) is 36.6 Å². The number of nitrogens with zero attached hydrogens (tertiary/aromatic N) is 3. The Bertz CT molecular complexity index is 2800. The van der Waals surface area contributed by atoms with Gasteiger partial charge in [-0.1, -0.05) is 113 Å². The van der Waals surface area contributed by atoms with Crippen LogP contribution in [0.1, 0.15) is 74.2 Å². The second kappa shape index (κ2) is 14.9. The van der Waals surface area contributed by atoms with Crippen LogP contribution in [0.3, 0.4) is 0 Å². The van der Waals surface area contributed by atoms with E-state index in [4.69, 9.17) is 20.4 Å². The van der Waals surface area contributed by atoms with E-state index in [0.717, 1.165) is 42.7 Å². The van der Waals surface area contributed by atoms with Crippen LogP contribution >= 0.6 is 11.3 Å². The van der Waals surface area contributed by atoms with Gasteiger partial charge < -0.3 is 14.4 Å². The van der Waals surface area contributed by atoms with Crippen molar-refractivity contribution < 1.29 is 35.5 Å². The normalized spacial score (nSPS) is 14.8. The molecule has 0 amide bonds. The molecule has 0 atom stereocenters. The molecular weight excluding hydrogens is 835 g/mol. The Morgan fingerprint density at radius 1 is 0.827 bits per heavy atom. The van der Waals surface area contributed by atoms with Crippen molar-refractivity contribution in [3.63, 3.8) is 0 Å². The Kier molecular flexibility index (Phi) is 8.03. The predicted octanol–water partition coefficient (Wildman–Crippen LogP) is 12.8. The predicted molar refractivity (Wildman–Crippen MR) is 214 cm³/mol. The second-order valence-electron chi connectivity index (χ2n) is 14.5. The summed E-state index contributed by atoms with van der Waals surface area (Å²) in [5.74, 6) is 0. The summed E-state index contributed by atoms with van der Waals surface area (Å²) in [7, 11) is 0. The first kappa shape index (κ1) is 28.1. The van der Waals surface area contributed by atoms with Crippen LogP contribution in [0.5, 0.6) is 0 Å². The van der Waals surface area contributed by atoms with Gasteiger partial charge >= 0.3 is 0 Å². The third-order valence-corrected chi connectivity index (χ3v) is 9.66. The first-order chi connectivity index (χ1) is 27.5. The summed E-state index contributed by atoms with van der Waals surface area (Å²) in [5, 5.41) is 3.08. The minimum absolute atomic E-state index is 0. The third kappa shape index (κ3) is 7.95. The molecule has 8 rings (SSSR count). The zero-order chi connectivity index (χ0) is 42.7. The van der Waals surface area contributed by atoms with Gasteiger partial charge in [-0.05, 0) is 58.9 Å². The molecule has 1 radical (unpaired) electrons. The molecule has 0 bridgehead atoms. The zero-order valence-electron chi connectivity index (χ0n) is 37.8. The molecule has 0 aliphatic heterocycles. The quantitative estimate of drug-likeness (QED) is 0.165. The maximum Gasteiger partial charge on any atom is 0.148 e. The maximum absolute atomic E-state index is 8.67. The van der Waals surface area contributed by atoms with Crippen LogP contribution < -0.4 is 0 Å². The summed E-state index contributed by atoms with van der Waals surface area (Å²) in [6.07, 6.45) is 1.51. The largest absolute Gasteiger partial charge is 0.498 e. The second-order valence-corrected chi connectivity index (χ2v) is 15.6. The van der Waals surface area contributed by atoms with Crippen molar-refractivity contribution in [3.8, 4) is 33.6 Å². The van der Waals surface area contributed by atoms with Gasteiger partial charge in [-0.2, -0.15) is 0 Å². The van der Waals surface area contributed by atoms with Crippen molar-refractivity contribution in [1.29, 1.82) is 0 Å². The molecule has 4 aromatic heterocycles. The SMILES string of the molecule is [2H]C([2H])([2H])c1c[c-]c(-c2cc(-c3ccccc3)c(C([2H])([2H])[2H])cn2)cc1.[2H]C([2H])(c1ccnc(-c2[c-]ccc3c2oc2c3ccc3sc(C(C)(C)C)nc32)c1)C(C)(C)C.[Ir]. The average molecular weight is 886 g/mol. The molecule has 265 valence electrons. The van der Waals surface area contributed by atoms with Gasteiger partial charge in [0.15, 0.2) is 0 Å². The molecule has 0 aliphatic rings. The molecular formula is C46H43IrN3OS-2. The van der Waals surface area contributed by atoms with Crippen LogP contribution in [0.4, 0.5) is 0 Å². The fourth-order valence-electron chi connectivity index (χ4n) is 5.82. The first-order valence-corrected chi connectivity index (χ1v) is 17.6. The molecule has 0 unspecified atom stereocenters. The summed E-state index contributed by atoms with van der Waals surface area (Å²) in [4.78, 5) is 13.7. The van der Waals surface area contributed by atoms with E-state index in [2.05, 4.69) is 55.0 Å². The van der Waals surface area contributed by atoms with Gasteiger partial charge in [-0.3, -0.25) is 0 Å². The zero-order valence-corrected chi connectivity index (χ0v) is 33.0. The minimum atomic E-state index is -2.29. The summed E-state index contributed by atoms with van der Waals surface area (Å²) in [6.45, 7) is 7.75. The van der Waals surface area contributed by atoms with Gasteiger partial charge in [0.25, 0.3) is 0 Å². The number of hydrogen-bond acceptors (Lipinski definition) is 5. The number of furan rings is 1. The smallest absolute Gasteiger partial charge is 0.148 e. The van der Waals surface area contributed by atoms with Gasteiger partial charge in [-0.25, -0.2) is 4.98 Å². The number of pyridine rings is 2. The van der Waals surface area contributed by atoms with Gasteiger partial charge in [0.2, 0.25) is 0 Å². The topological polar surface area (TPSA) is 51.8 Å². The Labute approximate surface area is 336 Å². The molecule has 6 heteroatoms. The molecule has 0 spiro atoms. The molecule has 0 saturated carbocycles. The Morgan fingerprint density at radius 2 is 1.63 bits per heavy atom. The van der Waals surface area contributed by atoms with Crippen LogP contribution in [0, 0.1) is 31.3 Å². The fourth-order valence-corrected chi connectivity index (χ4v) is 6.84. The first-order valence-electron chi connectivity index (χ1n) is 20.8.